The van der Waals surface area contributed by atoms with Gasteiger partial charge in [0, 0.05) is 18.6 Å². The van der Waals surface area contributed by atoms with Gasteiger partial charge in [0.15, 0.2) is 17.5 Å². The molecule has 0 fully saturated rings. The van der Waals surface area contributed by atoms with Crippen LogP contribution in [0.25, 0.3) is 0 Å². The Kier molecular flexibility index (Phi) is 7.64. The maximum Gasteiger partial charge on any atom is 0.191 e. The smallest absolute Gasteiger partial charge is 0.191 e. The van der Waals surface area contributed by atoms with E-state index < -0.39 is 0 Å². The third-order valence-corrected chi connectivity index (χ3v) is 4.06. The number of nitrogens with one attached hydrogen (secondary N) is 2. The average Bonchev–Trinajstić information content (AvgIpc) is 2.63. The van der Waals surface area contributed by atoms with E-state index in [9.17, 15) is 0 Å². The van der Waals surface area contributed by atoms with Crippen molar-refractivity contribution in [2.24, 2.45) is 4.99 Å². The summed E-state index contributed by atoms with van der Waals surface area (Å²) in [6.45, 7) is 1.70. The number of hydrogen-bond donors (Lipinski definition) is 2. The molecule has 0 bridgehead atoms. The Balaban J connectivity index is 0.00000225. The molecule has 5 nitrogen and oxygen atoms in total. The zero-order valence-electron chi connectivity index (χ0n) is 13.9. The van der Waals surface area contributed by atoms with Gasteiger partial charge in [0.1, 0.15) is 12.7 Å². The lowest BCUT2D eigenvalue weighted by molar-refractivity contribution is 0.0936. The summed E-state index contributed by atoms with van der Waals surface area (Å²) in [7, 11) is 1.73. The topological polar surface area (TPSA) is 54.9 Å². The van der Waals surface area contributed by atoms with E-state index in [1.165, 1.54) is 0 Å². The van der Waals surface area contributed by atoms with Crippen LogP contribution in [0.3, 0.4) is 0 Å². The second kappa shape index (κ2) is 9.72. The fraction of sp³-hybridized carbons (Fsp3) is 0.278. The van der Waals surface area contributed by atoms with Crippen molar-refractivity contribution in [2.75, 3.05) is 20.2 Å². The van der Waals surface area contributed by atoms with Crippen molar-refractivity contribution in [2.45, 2.75) is 12.6 Å². The summed E-state index contributed by atoms with van der Waals surface area (Å²) in [6.07, 6.45) is -0.0706. The Bertz CT molecular complexity index is 727. The minimum atomic E-state index is -0.0706. The van der Waals surface area contributed by atoms with Crippen molar-refractivity contribution in [1.82, 2.24) is 10.6 Å². The molecule has 1 aliphatic heterocycles. The van der Waals surface area contributed by atoms with Crippen molar-refractivity contribution in [3.8, 4) is 11.5 Å². The van der Waals surface area contributed by atoms with Gasteiger partial charge < -0.3 is 20.1 Å². The summed E-state index contributed by atoms with van der Waals surface area (Å²) in [4.78, 5) is 4.22. The Morgan fingerprint density at radius 1 is 1.12 bits per heavy atom. The quantitative estimate of drug-likeness (QED) is 0.406. The van der Waals surface area contributed by atoms with Crippen molar-refractivity contribution >= 4 is 41.5 Å². The molecule has 0 radical (unpaired) electrons. The number of aliphatic imine (C=N–C) groups is 1. The van der Waals surface area contributed by atoms with Crippen LogP contribution < -0.4 is 20.1 Å². The summed E-state index contributed by atoms with van der Waals surface area (Å²) >= 11 is 6.16. The van der Waals surface area contributed by atoms with E-state index in [4.69, 9.17) is 21.1 Å². The van der Waals surface area contributed by atoms with Gasteiger partial charge in [-0.15, -0.1) is 24.0 Å². The number of halogens is 2. The number of benzene rings is 2. The molecule has 0 amide bonds. The molecule has 0 aliphatic carbocycles. The van der Waals surface area contributed by atoms with Crippen molar-refractivity contribution in [3.63, 3.8) is 0 Å². The van der Waals surface area contributed by atoms with Gasteiger partial charge in [-0.1, -0.05) is 41.9 Å². The predicted molar refractivity (Wildman–Crippen MR) is 111 cm³/mol. The zero-order valence-corrected chi connectivity index (χ0v) is 17.0. The molecule has 2 N–H and O–H groups in total. The van der Waals surface area contributed by atoms with Crippen LogP contribution in [-0.2, 0) is 6.54 Å². The Labute approximate surface area is 169 Å². The monoisotopic (exact) mass is 473 g/mol. The molecule has 0 aromatic heterocycles. The Morgan fingerprint density at radius 2 is 1.84 bits per heavy atom. The second-order valence-corrected chi connectivity index (χ2v) is 5.80. The molecule has 7 heteroatoms. The molecular formula is C18H21ClIN3O2. The van der Waals surface area contributed by atoms with E-state index >= 15 is 0 Å². The first-order valence-electron chi connectivity index (χ1n) is 7.82. The maximum atomic E-state index is 6.16. The molecule has 1 aliphatic rings. The number of hydrogen-bond acceptors (Lipinski definition) is 3. The average molecular weight is 474 g/mol. The van der Waals surface area contributed by atoms with Gasteiger partial charge in [0.2, 0.25) is 0 Å². The predicted octanol–water partition coefficient (Wildman–Crippen LogP) is 3.46. The van der Waals surface area contributed by atoms with Crippen LogP contribution in [0.2, 0.25) is 5.02 Å². The lowest BCUT2D eigenvalue weighted by atomic mass is 10.2. The molecule has 1 heterocycles. The van der Waals surface area contributed by atoms with E-state index in [0.717, 1.165) is 22.1 Å². The summed E-state index contributed by atoms with van der Waals surface area (Å²) < 4.78 is 11.6. The normalized spacial score (nSPS) is 15.9. The van der Waals surface area contributed by atoms with Crippen molar-refractivity contribution in [1.29, 1.82) is 0 Å². The van der Waals surface area contributed by atoms with Gasteiger partial charge >= 0.3 is 0 Å². The van der Waals surface area contributed by atoms with E-state index in [1.54, 1.807) is 7.05 Å². The highest BCUT2D eigenvalue weighted by atomic mass is 127. The summed E-state index contributed by atoms with van der Waals surface area (Å²) in [5.41, 5.74) is 1.02. The van der Waals surface area contributed by atoms with E-state index in [-0.39, 0.29) is 30.1 Å². The molecule has 2 aromatic carbocycles. The minimum Gasteiger partial charge on any atom is -0.486 e. The number of guanidine groups is 1. The highest BCUT2D eigenvalue weighted by Crippen LogP contribution is 2.30. The van der Waals surface area contributed by atoms with Crippen LogP contribution >= 0.6 is 35.6 Å². The van der Waals surface area contributed by atoms with Crippen LogP contribution in [-0.4, -0.2) is 32.3 Å². The summed E-state index contributed by atoms with van der Waals surface area (Å²) in [5.74, 6) is 2.25. The number of rotatable bonds is 4. The number of para-hydroxylation sites is 2. The van der Waals surface area contributed by atoms with Crippen LogP contribution in [0, 0.1) is 0 Å². The van der Waals surface area contributed by atoms with Crippen molar-refractivity contribution in [3.05, 3.63) is 59.1 Å². The van der Waals surface area contributed by atoms with E-state index in [2.05, 4.69) is 15.6 Å². The van der Waals surface area contributed by atoms with Crippen LogP contribution in [0.1, 0.15) is 5.56 Å². The maximum absolute atomic E-state index is 6.16. The first-order chi connectivity index (χ1) is 11.8. The first kappa shape index (κ1) is 19.7. The van der Waals surface area contributed by atoms with E-state index in [1.807, 2.05) is 48.5 Å². The van der Waals surface area contributed by atoms with Crippen LogP contribution in [0.4, 0.5) is 0 Å². The Morgan fingerprint density at radius 3 is 2.60 bits per heavy atom. The fourth-order valence-electron chi connectivity index (χ4n) is 2.42. The summed E-state index contributed by atoms with van der Waals surface area (Å²) in [5, 5.41) is 7.23. The lowest BCUT2D eigenvalue weighted by Crippen LogP contribution is -2.45. The van der Waals surface area contributed by atoms with Gasteiger partial charge in [-0.3, -0.25) is 4.99 Å². The van der Waals surface area contributed by atoms with E-state index in [0.29, 0.717) is 25.7 Å². The van der Waals surface area contributed by atoms with Gasteiger partial charge in [0.25, 0.3) is 0 Å². The molecular weight excluding hydrogens is 453 g/mol. The summed E-state index contributed by atoms with van der Waals surface area (Å²) in [6, 6.07) is 15.4. The molecule has 1 atom stereocenters. The number of nitrogens with zero attached hydrogens (tertiary/aromatic N) is 1. The van der Waals surface area contributed by atoms with Gasteiger partial charge in [-0.05, 0) is 23.8 Å². The van der Waals surface area contributed by atoms with Crippen LogP contribution in [0.5, 0.6) is 11.5 Å². The fourth-order valence-corrected chi connectivity index (χ4v) is 2.62. The molecule has 134 valence electrons. The minimum absolute atomic E-state index is 0. The largest absolute Gasteiger partial charge is 0.486 e. The molecule has 1 unspecified atom stereocenters. The SMILES string of the molecule is CN=C(NCc1ccccc1Cl)NCC1COc2ccccc2O1.I. The second-order valence-electron chi connectivity index (χ2n) is 5.40. The first-order valence-corrected chi connectivity index (χ1v) is 8.20. The number of ether oxygens (including phenoxy) is 2. The van der Waals surface area contributed by atoms with Gasteiger partial charge in [0.05, 0.1) is 6.54 Å². The van der Waals surface area contributed by atoms with Crippen LogP contribution in [0.15, 0.2) is 53.5 Å². The van der Waals surface area contributed by atoms with Gasteiger partial charge in [-0.25, -0.2) is 0 Å². The standard InChI is InChI=1S/C18H20ClN3O2.HI/c1-20-18(21-10-13-6-2-3-7-15(13)19)22-11-14-12-23-16-8-4-5-9-17(16)24-14;/h2-9,14H,10-12H2,1H3,(H2,20,21,22);1H. The molecule has 2 aromatic rings. The molecule has 0 saturated carbocycles. The number of fused-ring (bicyclic) bond motifs is 1. The molecule has 0 saturated heterocycles. The highest BCUT2D eigenvalue weighted by Gasteiger charge is 2.20. The van der Waals surface area contributed by atoms with Gasteiger partial charge in [-0.2, -0.15) is 0 Å². The lowest BCUT2D eigenvalue weighted by Gasteiger charge is -2.27. The third-order valence-electron chi connectivity index (χ3n) is 3.69. The molecule has 3 rings (SSSR count). The molecule has 0 spiro atoms. The zero-order chi connectivity index (χ0) is 16.8. The molecule has 25 heavy (non-hydrogen) atoms. The van der Waals surface area contributed by atoms with Crippen molar-refractivity contribution < 1.29 is 9.47 Å². The Hall–Kier alpha value is -1.67. The third kappa shape index (κ3) is 5.40. The highest BCUT2D eigenvalue weighted by molar-refractivity contribution is 14.0.